The summed E-state index contributed by atoms with van der Waals surface area (Å²) < 4.78 is 5.82. The molecule has 0 spiro atoms. The quantitative estimate of drug-likeness (QED) is 0.692. The Hall–Kier alpha value is -0.120. The zero-order chi connectivity index (χ0) is 15.2. The Morgan fingerprint density at radius 1 is 1.15 bits per heavy atom. The molecule has 0 aliphatic carbocycles. The van der Waals surface area contributed by atoms with E-state index in [2.05, 4.69) is 51.8 Å². The molecular weight excluding hydrogens is 248 g/mol. The lowest BCUT2D eigenvalue weighted by molar-refractivity contribution is -0.0200. The standard InChI is InChI=1S/C17H36N2O/c1-7-16(6)14-19(10-11-20-12-15(4)5)17(8-2,9-3)13-18-16/h15,18H,7-14H2,1-6H3. The minimum Gasteiger partial charge on any atom is -0.380 e. The molecule has 1 heterocycles. The zero-order valence-corrected chi connectivity index (χ0v) is 14.6. The maximum absolute atomic E-state index is 5.82. The van der Waals surface area contributed by atoms with E-state index >= 15 is 0 Å². The molecule has 1 atom stereocenters. The second-order valence-electron chi connectivity index (χ2n) is 7.09. The second-order valence-corrected chi connectivity index (χ2v) is 7.09. The number of hydrogen-bond donors (Lipinski definition) is 1. The monoisotopic (exact) mass is 284 g/mol. The Balaban J connectivity index is 2.62. The summed E-state index contributed by atoms with van der Waals surface area (Å²) in [7, 11) is 0. The van der Waals surface area contributed by atoms with Gasteiger partial charge in [0.15, 0.2) is 0 Å². The Bertz CT molecular complexity index is 276. The predicted octanol–water partition coefficient (Wildman–Crippen LogP) is 3.29. The van der Waals surface area contributed by atoms with E-state index in [4.69, 9.17) is 4.74 Å². The Labute approximate surface area is 126 Å². The number of nitrogens with one attached hydrogen (secondary N) is 1. The van der Waals surface area contributed by atoms with Gasteiger partial charge in [-0.15, -0.1) is 0 Å². The van der Waals surface area contributed by atoms with Gasteiger partial charge in [0.2, 0.25) is 0 Å². The van der Waals surface area contributed by atoms with Crippen LogP contribution in [-0.2, 0) is 4.74 Å². The van der Waals surface area contributed by atoms with Crippen LogP contribution in [0.15, 0.2) is 0 Å². The molecule has 20 heavy (non-hydrogen) atoms. The molecule has 1 fully saturated rings. The Morgan fingerprint density at radius 3 is 2.30 bits per heavy atom. The predicted molar refractivity (Wildman–Crippen MR) is 87.2 cm³/mol. The van der Waals surface area contributed by atoms with Gasteiger partial charge >= 0.3 is 0 Å². The lowest BCUT2D eigenvalue weighted by Gasteiger charge is -2.53. The zero-order valence-electron chi connectivity index (χ0n) is 14.6. The molecule has 1 aliphatic rings. The smallest absolute Gasteiger partial charge is 0.0593 e. The van der Waals surface area contributed by atoms with Crippen molar-refractivity contribution in [1.29, 1.82) is 0 Å². The highest BCUT2D eigenvalue weighted by Crippen LogP contribution is 2.30. The van der Waals surface area contributed by atoms with E-state index in [0.717, 1.165) is 32.8 Å². The normalized spacial score (nSPS) is 27.1. The largest absolute Gasteiger partial charge is 0.380 e. The molecule has 0 saturated carbocycles. The van der Waals surface area contributed by atoms with Crippen LogP contribution in [0, 0.1) is 5.92 Å². The van der Waals surface area contributed by atoms with Gasteiger partial charge in [-0.25, -0.2) is 0 Å². The van der Waals surface area contributed by atoms with E-state index in [-0.39, 0.29) is 5.54 Å². The first-order valence-corrected chi connectivity index (χ1v) is 8.49. The van der Waals surface area contributed by atoms with Crippen LogP contribution in [-0.4, -0.2) is 48.8 Å². The van der Waals surface area contributed by atoms with Crippen LogP contribution < -0.4 is 5.32 Å². The molecule has 1 unspecified atom stereocenters. The summed E-state index contributed by atoms with van der Waals surface area (Å²) in [6.07, 6.45) is 3.60. The maximum Gasteiger partial charge on any atom is 0.0593 e. The minimum absolute atomic E-state index is 0.256. The number of hydrogen-bond acceptors (Lipinski definition) is 3. The van der Waals surface area contributed by atoms with E-state index in [0.29, 0.717) is 11.5 Å². The third-order valence-electron chi connectivity index (χ3n) is 5.11. The van der Waals surface area contributed by atoms with Crippen LogP contribution >= 0.6 is 0 Å². The van der Waals surface area contributed by atoms with E-state index < -0.39 is 0 Å². The average molecular weight is 284 g/mol. The van der Waals surface area contributed by atoms with Crippen LogP contribution in [0.4, 0.5) is 0 Å². The molecular formula is C17H36N2O. The molecule has 1 aliphatic heterocycles. The van der Waals surface area contributed by atoms with E-state index in [1.54, 1.807) is 0 Å². The summed E-state index contributed by atoms with van der Waals surface area (Å²) in [5.74, 6) is 0.626. The first-order valence-electron chi connectivity index (χ1n) is 8.49. The molecule has 1 saturated heterocycles. The highest BCUT2D eigenvalue weighted by molar-refractivity contribution is 5.02. The summed E-state index contributed by atoms with van der Waals surface area (Å²) in [6.45, 7) is 18.7. The van der Waals surface area contributed by atoms with E-state index in [1.807, 2.05) is 0 Å². The molecule has 0 aromatic rings. The molecule has 120 valence electrons. The van der Waals surface area contributed by atoms with Gasteiger partial charge in [0.1, 0.15) is 0 Å². The van der Waals surface area contributed by atoms with Gasteiger partial charge in [-0.3, -0.25) is 4.90 Å². The first kappa shape index (κ1) is 17.9. The van der Waals surface area contributed by atoms with Crippen molar-refractivity contribution in [2.75, 3.05) is 32.8 Å². The molecule has 0 radical (unpaired) electrons. The number of nitrogens with zero attached hydrogens (tertiary/aromatic N) is 1. The Morgan fingerprint density at radius 2 is 1.80 bits per heavy atom. The molecule has 0 aromatic carbocycles. The van der Waals surface area contributed by atoms with Crippen LogP contribution in [0.1, 0.15) is 60.8 Å². The van der Waals surface area contributed by atoms with Gasteiger partial charge in [-0.2, -0.15) is 0 Å². The van der Waals surface area contributed by atoms with Crippen LogP contribution in [0.3, 0.4) is 0 Å². The molecule has 1 rings (SSSR count). The third kappa shape index (κ3) is 4.44. The number of piperazine rings is 1. The molecule has 3 nitrogen and oxygen atoms in total. The van der Waals surface area contributed by atoms with Crippen molar-refractivity contribution in [3.63, 3.8) is 0 Å². The molecule has 0 amide bonds. The van der Waals surface area contributed by atoms with Gasteiger partial charge in [0, 0.05) is 37.3 Å². The molecule has 0 bridgehead atoms. The maximum atomic E-state index is 5.82. The lowest BCUT2D eigenvalue weighted by atomic mass is 9.82. The fraction of sp³-hybridized carbons (Fsp3) is 1.00. The van der Waals surface area contributed by atoms with Crippen molar-refractivity contribution < 1.29 is 4.74 Å². The second kappa shape index (κ2) is 7.77. The van der Waals surface area contributed by atoms with Gasteiger partial charge < -0.3 is 10.1 Å². The van der Waals surface area contributed by atoms with Crippen molar-refractivity contribution in [2.45, 2.75) is 71.9 Å². The summed E-state index contributed by atoms with van der Waals surface area (Å²) in [6, 6.07) is 0. The summed E-state index contributed by atoms with van der Waals surface area (Å²) in [5.41, 5.74) is 0.571. The van der Waals surface area contributed by atoms with Gasteiger partial charge in [0.25, 0.3) is 0 Å². The van der Waals surface area contributed by atoms with Crippen LogP contribution in [0.25, 0.3) is 0 Å². The van der Waals surface area contributed by atoms with Gasteiger partial charge in [-0.1, -0.05) is 34.6 Å². The lowest BCUT2D eigenvalue weighted by Crippen LogP contribution is -2.69. The number of ether oxygens (including phenoxy) is 1. The highest BCUT2D eigenvalue weighted by Gasteiger charge is 2.42. The SMILES string of the molecule is CCC1(C)CN(CCOCC(C)C)C(CC)(CC)CN1. The van der Waals surface area contributed by atoms with E-state index in [1.165, 1.54) is 19.3 Å². The van der Waals surface area contributed by atoms with Crippen molar-refractivity contribution in [1.82, 2.24) is 10.2 Å². The molecule has 1 N–H and O–H groups in total. The third-order valence-corrected chi connectivity index (χ3v) is 5.11. The summed E-state index contributed by atoms with van der Waals surface area (Å²) in [4.78, 5) is 2.69. The number of rotatable bonds is 8. The first-order chi connectivity index (χ1) is 9.41. The fourth-order valence-electron chi connectivity index (χ4n) is 3.13. The highest BCUT2D eigenvalue weighted by atomic mass is 16.5. The minimum atomic E-state index is 0.256. The topological polar surface area (TPSA) is 24.5 Å². The van der Waals surface area contributed by atoms with Crippen LogP contribution in [0.5, 0.6) is 0 Å². The van der Waals surface area contributed by atoms with E-state index in [9.17, 15) is 0 Å². The molecule has 3 heteroatoms. The fourth-order valence-corrected chi connectivity index (χ4v) is 3.13. The summed E-state index contributed by atoms with van der Waals surface area (Å²) in [5, 5.41) is 3.79. The van der Waals surface area contributed by atoms with Crippen LogP contribution in [0.2, 0.25) is 0 Å². The van der Waals surface area contributed by atoms with Crippen molar-refractivity contribution in [3.05, 3.63) is 0 Å². The molecule has 0 aromatic heterocycles. The Kier molecular flexibility index (Phi) is 6.96. The van der Waals surface area contributed by atoms with Crippen molar-refractivity contribution >= 4 is 0 Å². The average Bonchev–Trinajstić information content (AvgIpc) is 2.44. The van der Waals surface area contributed by atoms with Gasteiger partial charge in [0.05, 0.1) is 6.61 Å². The summed E-state index contributed by atoms with van der Waals surface area (Å²) >= 11 is 0. The van der Waals surface area contributed by atoms with Crippen molar-refractivity contribution in [2.24, 2.45) is 5.92 Å². The van der Waals surface area contributed by atoms with Crippen molar-refractivity contribution in [3.8, 4) is 0 Å². The van der Waals surface area contributed by atoms with Gasteiger partial charge in [-0.05, 0) is 32.1 Å².